The maximum absolute atomic E-state index is 12.7. The molecule has 0 amide bonds. The zero-order valence-electron chi connectivity index (χ0n) is 9.13. The minimum Gasteiger partial charge on any atom is -0.297 e. The van der Waals surface area contributed by atoms with Crippen LogP contribution >= 0.6 is 0 Å². The zero-order chi connectivity index (χ0) is 11.3. The fourth-order valence-corrected chi connectivity index (χ4v) is 1.43. The highest BCUT2D eigenvalue weighted by molar-refractivity contribution is 5.20. The van der Waals surface area contributed by atoms with Crippen molar-refractivity contribution in [1.82, 2.24) is 5.32 Å². The minimum absolute atomic E-state index is 0.0741. The van der Waals surface area contributed by atoms with Crippen LogP contribution in [0.5, 0.6) is 0 Å². The molecule has 0 aromatic heterocycles. The Kier molecular flexibility index (Phi) is 4.33. The first-order valence-electron chi connectivity index (χ1n) is 5.15. The van der Waals surface area contributed by atoms with Gasteiger partial charge >= 0.3 is 0 Å². The predicted molar refractivity (Wildman–Crippen MR) is 60.9 cm³/mol. The van der Waals surface area contributed by atoms with Crippen LogP contribution in [0.15, 0.2) is 24.3 Å². The summed E-state index contributed by atoms with van der Waals surface area (Å²) in [5.74, 6) is 2.47. The number of hydrogen-bond acceptors (Lipinski definition) is 1. The first-order chi connectivity index (χ1) is 7.17. The molecule has 80 valence electrons. The van der Waals surface area contributed by atoms with E-state index in [1.165, 1.54) is 12.1 Å². The van der Waals surface area contributed by atoms with Gasteiger partial charge in [0, 0.05) is 6.04 Å². The van der Waals surface area contributed by atoms with Crippen LogP contribution < -0.4 is 5.32 Å². The maximum Gasteiger partial charge on any atom is 0.123 e. The molecule has 0 heterocycles. The monoisotopic (exact) mass is 205 g/mol. The molecule has 1 nitrogen and oxygen atoms in total. The first-order valence-corrected chi connectivity index (χ1v) is 5.15. The van der Waals surface area contributed by atoms with Gasteiger partial charge in [-0.3, -0.25) is 5.32 Å². The molecule has 0 fully saturated rings. The second kappa shape index (κ2) is 5.53. The molecule has 0 aliphatic carbocycles. The highest BCUT2D eigenvalue weighted by Gasteiger charge is 2.09. The lowest BCUT2D eigenvalue weighted by atomic mass is 10.1. The molecule has 0 radical (unpaired) electrons. The van der Waals surface area contributed by atoms with Crippen molar-refractivity contribution in [2.45, 2.75) is 32.4 Å². The van der Waals surface area contributed by atoms with Crippen molar-refractivity contribution in [2.75, 3.05) is 0 Å². The number of benzene rings is 1. The lowest BCUT2D eigenvalue weighted by molar-refractivity contribution is 0.511. The van der Waals surface area contributed by atoms with Gasteiger partial charge in [-0.2, -0.15) is 0 Å². The molecule has 15 heavy (non-hydrogen) atoms. The standard InChI is InChI=1S/C13H16FN/c1-4-13(5-2)15-10(3)11-6-8-12(14)9-7-11/h1,6-10,13,15H,5H2,2-3H3/t10-,13?/m0/s1. The topological polar surface area (TPSA) is 12.0 Å². The van der Waals surface area contributed by atoms with E-state index in [4.69, 9.17) is 6.42 Å². The van der Waals surface area contributed by atoms with Gasteiger partial charge in [0.1, 0.15) is 5.82 Å². The molecule has 1 N–H and O–H groups in total. The quantitative estimate of drug-likeness (QED) is 0.745. The summed E-state index contributed by atoms with van der Waals surface area (Å²) >= 11 is 0. The Morgan fingerprint density at radius 2 is 2.00 bits per heavy atom. The van der Waals surface area contributed by atoms with E-state index in [9.17, 15) is 4.39 Å². The number of halogens is 1. The van der Waals surface area contributed by atoms with E-state index < -0.39 is 0 Å². The highest BCUT2D eigenvalue weighted by atomic mass is 19.1. The van der Waals surface area contributed by atoms with Gasteiger partial charge in [0.2, 0.25) is 0 Å². The van der Waals surface area contributed by atoms with Gasteiger partial charge in [0.15, 0.2) is 0 Å². The van der Waals surface area contributed by atoms with E-state index in [0.717, 1.165) is 12.0 Å². The van der Waals surface area contributed by atoms with Crippen LogP contribution in [0.25, 0.3) is 0 Å². The summed E-state index contributed by atoms with van der Waals surface area (Å²) in [7, 11) is 0. The Balaban J connectivity index is 2.65. The highest BCUT2D eigenvalue weighted by Crippen LogP contribution is 2.13. The maximum atomic E-state index is 12.7. The van der Waals surface area contributed by atoms with Gasteiger partial charge in [0.05, 0.1) is 6.04 Å². The third kappa shape index (κ3) is 3.38. The van der Waals surface area contributed by atoms with Gasteiger partial charge in [-0.15, -0.1) is 6.42 Å². The fourth-order valence-electron chi connectivity index (χ4n) is 1.43. The van der Waals surface area contributed by atoms with Crippen LogP contribution in [0.2, 0.25) is 0 Å². The van der Waals surface area contributed by atoms with E-state index in [1.807, 2.05) is 13.8 Å². The molecule has 0 spiro atoms. The molecular weight excluding hydrogens is 189 g/mol. The van der Waals surface area contributed by atoms with Gasteiger partial charge in [0.25, 0.3) is 0 Å². The van der Waals surface area contributed by atoms with Crippen LogP contribution in [-0.4, -0.2) is 6.04 Å². The summed E-state index contributed by atoms with van der Waals surface area (Å²) in [4.78, 5) is 0. The predicted octanol–water partition coefficient (Wildman–Crippen LogP) is 2.89. The van der Waals surface area contributed by atoms with Gasteiger partial charge in [-0.25, -0.2) is 4.39 Å². The summed E-state index contributed by atoms with van der Waals surface area (Å²) in [6, 6.07) is 6.69. The van der Waals surface area contributed by atoms with Crippen LogP contribution in [0.4, 0.5) is 4.39 Å². The number of nitrogens with one attached hydrogen (secondary N) is 1. The number of hydrogen-bond donors (Lipinski definition) is 1. The van der Waals surface area contributed by atoms with Crippen molar-refractivity contribution in [2.24, 2.45) is 0 Å². The van der Waals surface area contributed by atoms with E-state index >= 15 is 0 Å². The van der Waals surface area contributed by atoms with Crippen LogP contribution in [0.3, 0.4) is 0 Å². The van der Waals surface area contributed by atoms with Crippen molar-refractivity contribution in [3.8, 4) is 12.3 Å². The molecule has 2 atom stereocenters. The summed E-state index contributed by atoms with van der Waals surface area (Å²) in [6.45, 7) is 4.06. The third-order valence-corrected chi connectivity index (χ3v) is 2.43. The summed E-state index contributed by atoms with van der Waals surface area (Å²) in [5, 5.41) is 3.29. The van der Waals surface area contributed by atoms with Gasteiger partial charge < -0.3 is 0 Å². The van der Waals surface area contributed by atoms with Gasteiger partial charge in [-0.1, -0.05) is 25.0 Å². The summed E-state index contributed by atoms with van der Waals surface area (Å²) in [6.07, 6.45) is 6.25. The Bertz CT molecular complexity index is 337. The second-order valence-electron chi connectivity index (χ2n) is 3.57. The van der Waals surface area contributed by atoms with E-state index in [1.54, 1.807) is 12.1 Å². The van der Waals surface area contributed by atoms with Crippen molar-refractivity contribution in [3.05, 3.63) is 35.6 Å². The van der Waals surface area contributed by atoms with E-state index in [-0.39, 0.29) is 17.9 Å². The van der Waals surface area contributed by atoms with Crippen molar-refractivity contribution in [3.63, 3.8) is 0 Å². The first kappa shape index (κ1) is 11.7. The van der Waals surface area contributed by atoms with E-state index in [2.05, 4.69) is 11.2 Å². The number of rotatable bonds is 4. The third-order valence-electron chi connectivity index (χ3n) is 2.43. The van der Waals surface area contributed by atoms with Gasteiger partial charge in [-0.05, 0) is 31.0 Å². The average Bonchev–Trinajstić information content (AvgIpc) is 2.26. The summed E-state index contributed by atoms with van der Waals surface area (Å²) in [5.41, 5.74) is 1.05. The fraction of sp³-hybridized carbons (Fsp3) is 0.385. The van der Waals surface area contributed by atoms with E-state index in [0.29, 0.717) is 0 Å². The lowest BCUT2D eigenvalue weighted by Gasteiger charge is -2.18. The molecule has 0 saturated heterocycles. The van der Waals surface area contributed by atoms with Crippen LogP contribution in [-0.2, 0) is 0 Å². The SMILES string of the molecule is C#CC(CC)N[C@@H](C)c1ccc(F)cc1. The summed E-state index contributed by atoms with van der Waals surface area (Å²) < 4.78 is 12.7. The smallest absolute Gasteiger partial charge is 0.123 e. The molecule has 0 saturated carbocycles. The van der Waals surface area contributed by atoms with Crippen LogP contribution in [0, 0.1) is 18.2 Å². The molecule has 0 aliphatic heterocycles. The molecule has 1 aromatic rings. The molecule has 0 aliphatic rings. The second-order valence-corrected chi connectivity index (χ2v) is 3.57. The Morgan fingerprint density at radius 3 is 2.47 bits per heavy atom. The minimum atomic E-state index is -0.213. The Hall–Kier alpha value is -1.33. The normalized spacial score (nSPS) is 14.3. The largest absolute Gasteiger partial charge is 0.297 e. The Labute approximate surface area is 90.7 Å². The molecule has 2 heteroatoms. The van der Waals surface area contributed by atoms with Crippen molar-refractivity contribution < 1.29 is 4.39 Å². The molecule has 1 unspecified atom stereocenters. The van der Waals surface area contributed by atoms with Crippen molar-refractivity contribution in [1.29, 1.82) is 0 Å². The molecule has 0 bridgehead atoms. The average molecular weight is 205 g/mol. The Morgan fingerprint density at radius 1 is 1.40 bits per heavy atom. The van der Waals surface area contributed by atoms with Crippen molar-refractivity contribution >= 4 is 0 Å². The van der Waals surface area contributed by atoms with Crippen LogP contribution in [0.1, 0.15) is 31.9 Å². The lowest BCUT2D eigenvalue weighted by Crippen LogP contribution is -2.29. The molecule has 1 rings (SSSR count). The number of terminal acetylenes is 1. The molecule has 1 aromatic carbocycles. The zero-order valence-corrected chi connectivity index (χ0v) is 9.13. The molecular formula is C13H16FN.